The summed E-state index contributed by atoms with van der Waals surface area (Å²) < 4.78 is 0. The van der Waals surface area contributed by atoms with E-state index >= 15 is 0 Å². The second-order valence-corrected chi connectivity index (χ2v) is 2.31. The maximum absolute atomic E-state index is 5.35. The summed E-state index contributed by atoms with van der Waals surface area (Å²) in [5.74, 6) is 0. The highest BCUT2D eigenvalue weighted by Crippen LogP contribution is 2.17. The number of nitrogens with two attached hydrogens (primary N) is 1. The van der Waals surface area contributed by atoms with Gasteiger partial charge in [0, 0.05) is 18.9 Å². The average molecular weight is 125 g/mol. The molecular formula is C6H11N3. The Kier molecular flexibility index (Phi) is 1.62. The maximum atomic E-state index is 5.35. The molecule has 0 saturated carbocycles. The van der Waals surface area contributed by atoms with E-state index in [0.29, 0.717) is 6.54 Å². The molecule has 50 valence electrons. The lowest BCUT2D eigenvalue weighted by Crippen LogP contribution is -2.20. The molecule has 1 aliphatic rings. The van der Waals surface area contributed by atoms with Crippen molar-refractivity contribution in [1.82, 2.24) is 0 Å². The lowest BCUT2D eigenvalue weighted by Gasteiger charge is -2.14. The molecule has 0 spiro atoms. The Morgan fingerprint density at radius 3 is 2.44 bits per heavy atom. The fourth-order valence-electron chi connectivity index (χ4n) is 0.824. The van der Waals surface area contributed by atoms with Crippen LogP contribution >= 0.6 is 0 Å². The van der Waals surface area contributed by atoms with Gasteiger partial charge >= 0.3 is 0 Å². The van der Waals surface area contributed by atoms with Gasteiger partial charge in [0.15, 0.2) is 0 Å². The first-order chi connectivity index (χ1) is 4.27. The minimum absolute atomic E-state index is 0.241. The Morgan fingerprint density at radius 1 is 1.44 bits per heavy atom. The minimum Gasteiger partial charge on any atom is -0.330 e. The van der Waals surface area contributed by atoms with Crippen LogP contribution < -0.4 is 5.73 Å². The Bertz CT molecular complexity index is 136. The Labute approximate surface area is 54.7 Å². The fraction of sp³-hybridized carbons (Fsp3) is 0.667. The van der Waals surface area contributed by atoms with Gasteiger partial charge in [0.2, 0.25) is 0 Å². The normalized spacial score (nSPS) is 21.1. The maximum Gasteiger partial charge on any atom is 0.148 e. The summed E-state index contributed by atoms with van der Waals surface area (Å²) in [6.45, 7) is 2.62. The first kappa shape index (κ1) is 6.42. The van der Waals surface area contributed by atoms with E-state index in [1.54, 1.807) is 12.4 Å². The standard InChI is InChI=1S/C6H11N3/c1-6(2-3-7)8-4-5-9-6/h4-5H,2-3,7H2,1H3. The van der Waals surface area contributed by atoms with Gasteiger partial charge < -0.3 is 5.73 Å². The van der Waals surface area contributed by atoms with Crippen LogP contribution in [0.5, 0.6) is 0 Å². The molecule has 3 nitrogen and oxygen atoms in total. The van der Waals surface area contributed by atoms with E-state index in [2.05, 4.69) is 9.98 Å². The SMILES string of the molecule is CC1(CCN)N=CC=N1. The third-order valence-corrected chi connectivity index (χ3v) is 1.39. The molecule has 0 fully saturated rings. The van der Waals surface area contributed by atoms with Crippen LogP contribution in [0.2, 0.25) is 0 Å². The van der Waals surface area contributed by atoms with Gasteiger partial charge in [-0.25, -0.2) is 0 Å². The molecule has 0 unspecified atom stereocenters. The van der Waals surface area contributed by atoms with Crippen molar-refractivity contribution in [2.75, 3.05) is 6.54 Å². The molecule has 0 radical (unpaired) electrons. The number of rotatable bonds is 2. The highest BCUT2D eigenvalue weighted by molar-refractivity contribution is 6.17. The summed E-state index contributed by atoms with van der Waals surface area (Å²) in [6.07, 6.45) is 4.27. The number of hydrogen-bond acceptors (Lipinski definition) is 3. The quantitative estimate of drug-likeness (QED) is 0.563. The van der Waals surface area contributed by atoms with E-state index in [-0.39, 0.29) is 5.66 Å². The first-order valence-electron chi connectivity index (χ1n) is 3.06. The minimum atomic E-state index is -0.241. The predicted molar refractivity (Wildman–Crippen MR) is 39.1 cm³/mol. The van der Waals surface area contributed by atoms with Crippen molar-refractivity contribution in [3.63, 3.8) is 0 Å². The third-order valence-electron chi connectivity index (χ3n) is 1.39. The van der Waals surface area contributed by atoms with Gasteiger partial charge in [0.25, 0.3) is 0 Å². The molecule has 9 heavy (non-hydrogen) atoms. The Balaban J connectivity index is 2.53. The molecule has 1 rings (SSSR count). The van der Waals surface area contributed by atoms with Gasteiger partial charge in [-0.3, -0.25) is 9.98 Å². The molecule has 1 aliphatic heterocycles. The van der Waals surface area contributed by atoms with Gasteiger partial charge in [-0.2, -0.15) is 0 Å². The Hall–Kier alpha value is -0.700. The van der Waals surface area contributed by atoms with E-state index in [9.17, 15) is 0 Å². The van der Waals surface area contributed by atoms with Crippen molar-refractivity contribution >= 4 is 12.4 Å². The van der Waals surface area contributed by atoms with Crippen molar-refractivity contribution in [3.05, 3.63) is 0 Å². The monoisotopic (exact) mass is 125 g/mol. The van der Waals surface area contributed by atoms with Gasteiger partial charge in [0.1, 0.15) is 5.66 Å². The smallest absolute Gasteiger partial charge is 0.148 e. The number of nitrogens with zero attached hydrogens (tertiary/aromatic N) is 2. The molecule has 0 bridgehead atoms. The summed E-state index contributed by atoms with van der Waals surface area (Å²) in [5.41, 5.74) is 5.10. The molecule has 0 saturated heterocycles. The molecular weight excluding hydrogens is 114 g/mol. The second kappa shape index (κ2) is 2.27. The average Bonchev–Trinajstić information content (AvgIpc) is 2.16. The number of aliphatic imine (C=N–C) groups is 2. The van der Waals surface area contributed by atoms with Crippen molar-refractivity contribution in [1.29, 1.82) is 0 Å². The second-order valence-electron chi connectivity index (χ2n) is 2.31. The molecule has 3 heteroatoms. The van der Waals surface area contributed by atoms with Crippen molar-refractivity contribution in [3.8, 4) is 0 Å². The van der Waals surface area contributed by atoms with Crippen LogP contribution in [0.3, 0.4) is 0 Å². The fourth-order valence-corrected chi connectivity index (χ4v) is 0.824. The van der Waals surface area contributed by atoms with Crippen molar-refractivity contribution in [2.24, 2.45) is 15.7 Å². The van der Waals surface area contributed by atoms with Crippen molar-refractivity contribution < 1.29 is 0 Å². The van der Waals surface area contributed by atoms with Crippen LogP contribution in [0.1, 0.15) is 13.3 Å². The van der Waals surface area contributed by atoms with E-state index in [0.717, 1.165) is 6.42 Å². The van der Waals surface area contributed by atoms with Gasteiger partial charge in [-0.05, 0) is 13.5 Å². The highest BCUT2D eigenvalue weighted by atomic mass is 15.1. The predicted octanol–water partition coefficient (Wildman–Crippen LogP) is 0.207. The summed E-state index contributed by atoms with van der Waals surface area (Å²) in [5, 5.41) is 0. The molecule has 0 aromatic heterocycles. The molecule has 2 N–H and O–H groups in total. The van der Waals surface area contributed by atoms with Gasteiger partial charge in [-0.1, -0.05) is 0 Å². The van der Waals surface area contributed by atoms with Crippen LogP contribution in [-0.2, 0) is 0 Å². The summed E-state index contributed by atoms with van der Waals surface area (Å²) in [4.78, 5) is 8.26. The molecule has 0 aliphatic carbocycles. The lowest BCUT2D eigenvalue weighted by atomic mass is 10.1. The zero-order valence-corrected chi connectivity index (χ0v) is 5.54. The van der Waals surface area contributed by atoms with Gasteiger partial charge in [-0.15, -0.1) is 0 Å². The highest BCUT2D eigenvalue weighted by Gasteiger charge is 2.20. The van der Waals surface area contributed by atoms with E-state index < -0.39 is 0 Å². The Morgan fingerprint density at radius 2 is 2.00 bits per heavy atom. The molecule has 1 heterocycles. The molecule has 0 aromatic carbocycles. The first-order valence-corrected chi connectivity index (χ1v) is 3.06. The third kappa shape index (κ3) is 1.36. The molecule has 0 amide bonds. The van der Waals surface area contributed by atoms with Crippen LogP contribution in [0.15, 0.2) is 9.98 Å². The summed E-state index contributed by atoms with van der Waals surface area (Å²) in [6, 6.07) is 0. The largest absolute Gasteiger partial charge is 0.330 e. The van der Waals surface area contributed by atoms with E-state index in [1.807, 2.05) is 6.92 Å². The topological polar surface area (TPSA) is 50.7 Å². The lowest BCUT2D eigenvalue weighted by molar-refractivity contribution is 0.476. The number of hydrogen-bond donors (Lipinski definition) is 1. The van der Waals surface area contributed by atoms with E-state index in [4.69, 9.17) is 5.73 Å². The van der Waals surface area contributed by atoms with Crippen LogP contribution in [-0.4, -0.2) is 24.6 Å². The molecule has 0 atom stereocenters. The van der Waals surface area contributed by atoms with Crippen molar-refractivity contribution in [2.45, 2.75) is 19.0 Å². The summed E-state index contributed by atoms with van der Waals surface area (Å²) >= 11 is 0. The van der Waals surface area contributed by atoms with Crippen LogP contribution in [0.25, 0.3) is 0 Å². The zero-order valence-electron chi connectivity index (χ0n) is 5.54. The van der Waals surface area contributed by atoms with Crippen LogP contribution in [0.4, 0.5) is 0 Å². The van der Waals surface area contributed by atoms with Gasteiger partial charge in [0.05, 0.1) is 0 Å². The van der Waals surface area contributed by atoms with Crippen LogP contribution in [0, 0.1) is 0 Å². The molecule has 0 aromatic rings. The van der Waals surface area contributed by atoms with E-state index in [1.165, 1.54) is 0 Å². The summed E-state index contributed by atoms with van der Waals surface area (Å²) in [7, 11) is 0. The zero-order chi connectivity index (χ0) is 6.74.